The van der Waals surface area contributed by atoms with Crippen LogP contribution in [0.1, 0.15) is 30.8 Å². The van der Waals surface area contributed by atoms with Crippen molar-refractivity contribution >= 4 is 0 Å². The maximum atomic E-state index is 5.64. The zero-order valence-corrected chi connectivity index (χ0v) is 13.5. The molecule has 3 aromatic rings. The van der Waals surface area contributed by atoms with Gasteiger partial charge in [-0.25, -0.2) is 0 Å². The molecule has 3 rings (SSSR count). The smallest absolute Gasteiger partial charge is 0.258 e. The molecule has 23 heavy (non-hydrogen) atoms. The third kappa shape index (κ3) is 3.74. The van der Waals surface area contributed by atoms with E-state index in [0.29, 0.717) is 18.1 Å². The number of ether oxygens (including phenoxy) is 1. The van der Waals surface area contributed by atoms with E-state index in [0.717, 1.165) is 22.4 Å². The molecule has 0 saturated carbocycles. The van der Waals surface area contributed by atoms with Gasteiger partial charge in [0.2, 0.25) is 0 Å². The minimum Gasteiger partial charge on any atom is -0.491 e. The lowest BCUT2D eigenvalue weighted by atomic mass is 10.1. The fraction of sp³-hybridized carbons (Fsp3) is 0.278. The highest BCUT2D eigenvalue weighted by molar-refractivity contribution is 5.56. The molecule has 1 aromatic carbocycles. The van der Waals surface area contributed by atoms with Gasteiger partial charge in [-0.05, 0) is 50.1 Å². The molecular formula is C18H19N3O2. The van der Waals surface area contributed by atoms with Crippen LogP contribution in [-0.2, 0) is 6.42 Å². The van der Waals surface area contributed by atoms with Gasteiger partial charge in [-0.1, -0.05) is 17.3 Å². The Labute approximate surface area is 135 Å². The van der Waals surface area contributed by atoms with E-state index >= 15 is 0 Å². The molecule has 0 aliphatic rings. The third-order valence-electron chi connectivity index (χ3n) is 3.38. The number of rotatable bonds is 5. The Hall–Kier alpha value is -2.69. The molecule has 0 fully saturated rings. The Bertz CT molecular complexity index is 779. The van der Waals surface area contributed by atoms with Gasteiger partial charge in [-0.3, -0.25) is 4.98 Å². The maximum absolute atomic E-state index is 5.64. The predicted octanol–water partition coefficient (Wildman–Crippen LogP) is 3.82. The van der Waals surface area contributed by atoms with Gasteiger partial charge >= 0.3 is 0 Å². The van der Waals surface area contributed by atoms with E-state index in [1.54, 1.807) is 12.4 Å². The van der Waals surface area contributed by atoms with Crippen LogP contribution < -0.4 is 4.74 Å². The van der Waals surface area contributed by atoms with Gasteiger partial charge in [0.05, 0.1) is 6.10 Å². The van der Waals surface area contributed by atoms with Crippen molar-refractivity contribution in [2.75, 3.05) is 0 Å². The molecular weight excluding hydrogens is 290 g/mol. The summed E-state index contributed by atoms with van der Waals surface area (Å²) in [6.07, 6.45) is 4.30. The van der Waals surface area contributed by atoms with Crippen molar-refractivity contribution in [2.24, 2.45) is 0 Å². The molecule has 5 heteroatoms. The molecule has 118 valence electrons. The fourth-order valence-electron chi connectivity index (χ4n) is 2.29. The minimum atomic E-state index is 0.171. The van der Waals surface area contributed by atoms with E-state index in [1.165, 1.54) is 0 Å². The van der Waals surface area contributed by atoms with Crippen LogP contribution in [0.5, 0.6) is 5.75 Å². The summed E-state index contributed by atoms with van der Waals surface area (Å²) >= 11 is 0. The molecule has 0 aliphatic heterocycles. The quantitative estimate of drug-likeness (QED) is 0.717. The molecule has 0 amide bonds. The van der Waals surface area contributed by atoms with E-state index in [2.05, 4.69) is 15.1 Å². The first-order chi connectivity index (χ1) is 11.1. The lowest BCUT2D eigenvalue weighted by molar-refractivity contribution is 0.242. The summed E-state index contributed by atoms with van der Waals surface area (Å²) < 4.78 is 11.0. The van der Waals surface area contributed by atoms with Crippen molar-refractivity contribution in [2.45, 2.75) is 33.3 Å². The number of hydrogen-bond acceptors (Lipinski definition) is 5. The van der Waals surface area contributed by atoms with Crippen LogP contribution in [-0.4, -0.2) is 21.2 Å². The van der Waals surface area contributed by atoms with Crippen LogP contribution in [0.3, 0.4) is 0 Å². The first-order valence-corrected chi connectivity index (χ1v) is 7.61. The van der Waals surface area contributed by atoms with Crippen LogP contribution in [0.4, 0.5) is 0 Å². The van der Waals surface area contributed by atoms with E-state index in [1.807, 2.05) is 51.1 Å². The highest BCUT2D eigenvalue weighted by Gasteiger charge is 2.11. The summed E-state index contributed by atoms with van der Waals surface area (Å²) in [5.41, 5.74) is 3.04. The largest absolute Gasteiger partial charge is 0.491 e. The Morgan fingerprint density at radius 2 is 1.91 bits per heavy atom. The molecule has 0 unspecified atom stereocenters. The van der Waals surface area contributed by atoms with Gasteiger partial charge in [0.15, 0.2) is 5.82 Å². The second-order valence-electron chi connectivity index (χ2n) is 5.69. The number of benzene rings is 1. The number of nitrogens with zero attached hydrogens (tertiary/aromatic N) is 3. The van der Waals surface area contributed by atoms with Crippen molar-refractivity contribution in [1.82, 2.24) is 15.1 Å². The first kappa shape index (κ1) is 15.2. The van der Waals surface area contributed by atoms with E-state index in [-0.39, 0.29) is 6.10 Å². The summed E-state index contributed by atoms with van der Waals surface area (Å²) in [4.78, 5) is 8.54. The van der Waals surface area contributed by atoms with E-state index in [9.17, 15) is 0 Å². The summed E-state index contributed by atoms with van der Waals surface area (Å²) in [5, 5.41) is 4.06. The van der Waals surface area contributed by atoms with Gasteiger partial charge in [0.1, 0.15) is 5.75 Å². The molecule has 0 spiro atoms. The molecule has 0 saturated heterocycles. The van der Waals surface area contributed by atoms with Crippen molar-refractivity contribution in [3.05, 3.63) is 59.7 Å². The van der Waals surface area contributed by atoms with Crippen molar-refractivity contribution < 1.29 is 9.26 Å². The van der Waals surface area contributed by atoms with Crippen LogP contribution in [0.2, 0.25) is 0 Å². The molecule has 0 N–H and O–H groups in total. The lowest BCUT2D eigenvalue weighted by Gasteiger charge is -2.09. The Kier molecular flexibility index (Phi) is 4.37. The minimum absolute atomic E-state index is 0.171. The van der Waals surface area contributed by atoms with Gasteiger partial charge < -0.3 is 9.26 Å². The number of aryl methyl sites for hydroxylation is 1. The zero-order valence-electron chi connectivity index (χ0n) is 13.5. The number of hydrogen-bond donors (Lipinski definition) is 0. The van der Waals surface area contributed by atoms with Gasteiger partial charge in [0.25, 0.3) is 5.89 Å². The zero-order chi connectivity index (χ0) is 16.2. The van der Waals surface area contributed by atoms with Crippen LogP contribution in [0, 0.1) is 6.92 Å². The average molecular weight is 309 g/mol. The molecule has 0 bridgehead atoms. The lowest BCUT2D eigenvalue weighted by Crippen LogP contribution is -2.05. The second-order valence-corrected chi connectivity index (χ2v) is 5.69. The van der Waals surface area contributed by atoms with Crippen molar-refractivity contribution in [3.8, 4) is 17.2 Å². The summed E-state index contributed by atoms with van der Waals surface area (Å²) in [6, 6.07) is 9.84. The second kappa shape index (κ2) is 6.60. The highest BCUT2D eigenvalue weighted by atomic mass is 16.5. The molecule has 0 aliphatic carbocycles. The first-order valence-electron chi connectivity index (χ1n) is 7.61. The van der Waals surface area contributed by atoms with Crippen LogP contribution >= 0.6 is 0 Å². The molecule has 5 nitrogen and oxygen atoms in total. The van der Waals surface area contributed by atoms with Crippen molar-refractivity contribution in [3.63, 3.8) is 0 Å². The Morgan fingerprint density at radius 3 is 2.61 bits per heavy atom. The summed E-state index contributed by atoms with van der Waals surface area (Å²) in [5.74, 6) is 2.05. The van der Waals surface area contributed by atoms with E-state index < -0.39 is 0 Å². The topological polar surface area (TPSA) is 61.0 Å². The van der Waals surface area contributed by atoms with Crippen molar-refractivity contribution in [1.29, 1.82) is 0 Å². The van der Waals surface area contributed by atoms with Gasteiger partial charge in [-0.15, -0.1) is 0 Å². The predicted molar refractivity (Wildman–Crippen MR) is 87.3 cm³/mol. The molecule has 0 atom stereocenters. The molecule has 2 heterocycles. The Balaban J connectivity index is 1.73. The fourth-order valence-corrected chi connectivity index (χ4v) is 2.29. The summed E-state index contributed by atoms with van der Waals surface area (Å²) in [6.45, 7) is 5.99. The average Bonchev–Trinajstić information content (AvgIpc) is 2.97. The Morgan fingerprint density at radius 1 is 1.13 bits per heavy atom. The highest BCUT2D eigenvalue weighted by Crippen LogP contribution is 2.21. The number of aromatic nitrogens is 3. The standard InChI is InChI=1S/C18H19N3O2/c1-12(2)22-15-6-4-14(5-7-15)10-17-20-18(23-21-17)16-8-9-19-11-13(16)3/h4-9,11-12H,10H2,1-3H3. The SMILES string of the molecule is Cc1cnccc1-c1nc(Cc2ccc(OC(C)C)cc2)no1. The third-order valence-corrected chi connectivity index (χ3v) is 3.38. The number of pyridine rings is 1. The molecule has 2 aromatic heterocycles. The van der Waals surface area contributed by atoms with E-state index in [4.69, 9.17) is 9.26 Å². The monoisotopic (exact) mass is 309 g/mol. The van der Waals surface area contributed by atoms with Gasteiger partial charge in [-0.2, -0.15) is 4.98 Å². The van der Waals surface area contributed by atoms with Crippen LogP contribution in [0.15, 0.2) is 47.2 Å². The molecule has 0 radical (unpaired) electrons. The summed E-state index contributed by atoms with van der Waals surface area (Å²) in [7, 11) is 0. The van der Waals surface area contributed by atoms with Gasteiger partial charge in [0, 0.05) is 24.4 Å². The maximum Gasteiger partial charge on any atom is 0.258 e. The normalized spacial score (nSPS) is 11.0. The van der Waals surface area contributed by atoms with Crippen LogP contribution in [0.25, 0.3) is 11.5 Å².